The van der Waals surface area contributed by atoms with Crippen molar-refractivity contribution in [2.75, 3.05) is 18.0 Å². The smallest absolute Gasteiger partial charge is 0.223 e. The molecule has 1 aromatic heterocycles. The summed E-state index contributed by atoms with van der Waals surface area (Å²) in [4.78, 5) is 23.9. The Labute approximate surface area is 175 Å². The molecule has 29 heavy (non-hydrogen) atoms. The lowest BCUT2D eigenvalue weighted by Gasteiger charge is -2.32. The van der Waals surface area contributed by atoms with E-state index >= 15 is 0 Å². The Morgan fingerprint density at radius 2 is 1.76 bits per heavy atom. The minimum atomic E-state index is 0.0361. The molecule has 2 heterocycles. The maximum atomic E-state index is 12.5. The fraction of sp³-hybridized carbons (Fsp3) is 0.261. The van der Waals surface area contributed by atoms with Gasteiger partial charge in [0, 0.05) is 42.3 Å². The van der Waals surface area contributed by atoms with Gasteiger partial charge in [-0.25, -0.2) is 9.97 Å². The summed E-state index contributed by atoms with van der Waals surface area (Å²) in [5, 5.41) is 3.75. The molecular weight excluding hydrogens is 384 g/mol. The first kappa shape index (κ1) is 19.4. The van der Waals surface area contributed by atoms with Crippen LogP contribution in [0.15, 0.2) is 66.9 Å². The fourth-order valence-corrected chi connectivity index (χ4v) is 3.68. The van der Waals surface area contributed by atoms with Crippen molar-refractivity contribution in [3.8, 4) is 11.4 Å². The van der Waals surface area contributed by atoms with Crippen molar-refractivity contribution in [2.24, 2.45) is 5.92 Å². The predicted octanol–water partition coefficient (Wildman–Crippen LogP) is 4.33. The van der Waals surface area contributed by atoms with Gasteiger partial charge in [-0.2, -0.15) is 0 Å². The number of nitrogens with one attached hydrogen (secondary N) is 1. The number of hydrogen-bond acceptors (Lipinski definition) is 4. The number of carbonyl (C=O) groups excluding carboxylic acids is 1. The second-order valence-corrected chi connectivity index (χ2v) is 7.65. The van der Waals surface area contributed by atoms with E-state index < -0.39 is 0 Å². The van der Waals surface area contributed by atoms with Crippen molar-refractivity contribution in [3.05, 3.63) is 77.4 Å². The van der Waals surface area contributed by atoms with Crippen molar-refractivity contribution in [3.63, 3.8) is 0 Å². The Kier molecular flexibility index (Phi) is 6.06. The van der Waals surface area contributed by atoms with Gasteiger partial charge in [0.05, 0.1) is 0 Å². The monoisotopic (exact) mass is 406 g/mol. The van der Waals surface area contributed by atoms with Crippen molar-refractivity contribution < 1.29 is 4.79 Å². The molecule has 1 aliphatic heterocycles. The molecule has 5 nitrogen and oxygen atoms in total. The molecule has 1 aliphatic rings. The molecule has 1 fully saturated rings. The highest BCUT2D eigenvalue weighted by Gasteiger charge is 2.25. The van der Waals surface area contributed by atoms with Gasteiger partial charge in [0.2, 0.25) is 5.91 Å². The number of benzene rings is 2. The van der Waals surface area contributed by atoms with Gasteiger partial charge < -0.3 is 10.2 Å². The lowest BCUT2D eigenvalue weighted by molar-refractivity contribution is -0.125. The second-order valence-electron chi connectivity index (χ2n) is 7.21. The summed E-state index contributed by atoms with van der Waals surface area (Å²) in [6.07, 6.45) is 3.43. The number of rotatable bonds is 5. The maximum absolute atomic E-state index is 12.5. The molecule has 0 saturated carbocycles. The molecule has 2 aromatic carbocycles. The number of carbonyl (C=O) groups is 1. The number of aromatic nitrogens is 2. The van der Waals surface area contributed by atoms with E-state index in [1.54, 1.807) is 6.20 Å². The SMILES string of the molecule is O=C(NCc1ccc(Cl)cc1)C1CCN(c2ccnc(-c3ccccc3)n2)CC1. The van der Waals surface area contributed by atoms with Gasteiger partial charge in [0.25, 0.3) is 0 Å². The van der Waals surface area contributed by atoms with Crippen LogP contribution in [-0.2, 0) is 11.3 Å². The number of halogens is 1. The van der Waals surface area contributed by atoms with Gasteiger partial charge in [-0.1, -0.05) is 54.1 Å². The average Bonchev–Trinajstić information content (AvgIpc) is 2.79. The third-order valence-corrected chi connectivity index (χ3v) is 5.49. The zero-order valence-electron chi connectivity index (χ0n) is 16.1. The van der Waals surface area contributed by atoms with Gasteiger partial charge in [-0.05, 0) is 36.6 Å². The molecule has 0 radical (unpaired) electrons. The van der Waals surface area contributed by atoms with E-state index in [1.807, 2.05) is 60.7 Å². The molecule has 1 amide bonds. The lowest BCUT2D eigenvalue weighted by Crippen LogP contribution is -2.40. The van der Waals surface area contributed by atoms with Crippen molar-refractivity contribution in [2.45, 2.75) is 19.4 Å². The Morgan fingerprint density at radius 1 is 1.03 bits per heavy atom. The van der Waals surface area contributed by atoms with Crippen LogP contribution in [0.4, 0.5) is 5.82 Å². The third-order valence-electron chi connectivity index (χ3n) is 5.24. The maximum Gasteiger partial charge on any atom is 0.223 e. The normalized spacial score (nSPS) is 14.6. The van der Waals surface area contributed by atoms with Crippen LogP contribution < -0.4 is 10.2 Å². The molecule has 0 atom stereocenters. The van der Waals surface area contributed by atoms with Gasteiger partial charge >= 0.3 is 0 Å². The van der Waals surface area contributed by atoms with E-state index in [0.717, 1.165) is 48.7 Å². The predicted molar refractivity (Wildman–Crippen MR) is 116 cm³/mol. The van der Waals surface area contributed by atoms with Crippen LogP contribution in [0.5, 0.6) is 0 Å². The van der Waals surface area contributed by atoms with Crippen molar-refractivity contribution in [1.82, 2.24) is 15.3 Å². The highest BCUT2D eigenvalue weighted by molar-refractivity contribution is 6.30. The summed E-state index contributed by atoms with van der Waals surface area (Å²) in [6.45, 7) is 2.15. The minimum Gasteiger partial charge on any atom is -0.356 e. The zero-order valence-corrected chi connectivity index (χ0v) is 16.8. The van der Waals surface area contributed by atoms with Crippen LogP contribution in [0.3, 0.4) is 0 Å². The first-order valence-corrected chi connectivity index (χ1v) is 10.2. The van der Waals surface area contributed by atoms with E-state index in [4.69, 9.17) is 16.6 Å². The molecule has 1 saturated heterocycles. The summed E-state index contributed by atoms with van der Waals surface area (Å²) >= 11 is 5.90. The molecule has 1 N–H and O–H groups in total. The molecule has 0 unspecified atom stereocenters. The largest absolute Gasteiger partial charge is 0.356 e. The molecule has 3 aromatic rings. The Morgan fingerprint density at radius 3 is 2.48 bits per heavy atom. The van der Waals surface area contributed by atoms with Crippen LogP contribution in [0, 0.1) is 5.92 Å². The van der Waals surface area contributed by atoms with Crippen LogP contribution >= 0.6 is 11.6 Å². The quantitative estimate of drug-likeness (QED) is 0.685. The Hall–Kier alpha value is -2.92. The second kappa shape index (κ2) is 9.05. The van der Waals surface area contributed by atoms with Crippen LogP contribution in [-0.4, -0.2) is 29.0 Å². The lowest BCUT2D eigenvalue weighted by atomic mass is 9.96. The fourth-order valence-electron chi connectivity index (χ4n) is 3.56. The highest BCUT2D eigenvalue weighted by atomic mass is 35.5. The Bertz CT molecular complexity index is 954. The van der Waals surface area contributed by atoms with Gasteiger partial charge in [-0.3, -0.25) is 4.79 Å². The van der Waals surface area contributed by atoms with Gasteiger partial charge in [-0.15, -0.1) is 0 Å². The minimum absolute atomic E-state index is 0.0361. The third kappa shape index (κ3) is 4.93. The van der Waals surface area contributed by atoms with Gasteiger partial charge in [0.1, 0.15) is 5.82 Å². The van der Waals surface area contributed by atoms with Crippen LogP contribution in [0.25, 0.3) is 11.4 Å². The van der Waals surface area contributed by atoms with E-state index in [1.165, 1.54) is 0 Å². The number of hydrogen-bond donors (Lipinski definition) is 1. The standard InChI is InChI=1S/C23H23ClN4O/c24-20-8-6-17(7-9-20)16-26-23(29)19-11-14-28(15-12-19)21-10-13-25-22(27-21)18-4-2-1-3-5-18/h1-10,13,19H,11-12,14-16H2,(H,26,29). The van der Waals surface area contributed by atoms with Crippen molar-refractivity contribution in [1.29, 1.82) is 0 Å². The molecular formula is C23H23ClN4O. The van der Waals surface area contributed by atoms with Crippen LogP contribution in [0.1, 0.15) is 18.4 Å². The van der Waals surface area contributed by atoms with Crippen LogP contribution in [0.2, 0.25) is 5.02 Å². The topological polar surface area (TPSA) is 58.1 Å². The van der Waals surface area contributed by atoms with Gasteiger partial charge in [0.15, 0.2) is 5.82 Å². The average molecular weight is 407 g/mol. The molecule has 6 heteroatoms. The summed E-state index contributed by atoms with van der Waals surface area (Å²) in [5.41, 5.74) is 2.06. The number of nitrogens with zero attached hydrogens (tertiary/aromatic N) is 3. The van der Waals surface area contributed by atoms with E-state index in [9.17, 15) is 4.79 Å². The number of amides is 1. The zero-order chi connectivity index (χ0) is 20.1. The summed E-state index contributed by atoms with van der Waals surface area (Å²) in [6, 6.07) is 19.5. The molecule has 0 bridgehead atoms. The first-order chi connectivity index (χ1) is 14.2. The first-order valence-electron chi connectivity index (χ1n) is 9.84. The number of anilines is 1. The van der Waals surface area contributed by atoms with E-state index in [2.05, 4.69) is 15.2 Å². The molecule has 0 aliphatic carbocycles. The Balaban J connectivity index is 1.32. The number of piperidine rings is 1. The van der Waals surface area contributed by atoms with E-state index in [0.29, 0.717) is 11.6 Å². The van der Waals surface area contributed by atoms with Crippen molar-refractivity contribution >= 4 is 23.3 Å². The summed E-state index contributed by atoms with van der Waals surface area (Å²) in [7, 11) is 0. The summed E-state index contributed by atoms with van der Waals surface area (Å²) in [5.74, 6) is 1.80. The molecule has 148 valence electrons. The molecule has 4 rings (SSSR count). The van der Waals surface area contributed by atoms with E-state index in [-0.39, 0.29) is 11.8 Å². The summed E-state index contributed by atoms with van der Waals surface area (Å²) < 4.78 is 0. The molecule has 0 spiro atoms. The highest BCUT2D eigenvalue weighted by Crippen LogP contribution is 2.24.